The van der Waals surface area contributed by atoms with E-state index in [0.29, 0.717) is 19.3 Å². The van der Waals surface area contributed by atoms with E-state index in [9.17, 15) is 14.4 Å². The summed E-state index contributed by atoms with van der Waals surface area (Å²) in [6, 6.07) is 0. The van der Waals surface area contributed by atoms with Crippen LogP contribution in [-0.4, -0.2) is 37.2 Å². The van der Waals surface area contributed by atoms with E-state index in [1.807, 2.05) is 0 Å². The van der Waals surface area contributed by atoms with Crippen molar-refractivity contribution >= 4 is 17.9 Å². The third-order valence-electron chi connectivity index (χ3n) is 16.8. The molecule has 0 spiro atoms. The Kier molecular flexibility index (Phi) is 69.6. The van der Waals surface area contributed by atoms with Gasteiger partial charge in [-0.2, -0.15) is 0 Å². The van der Waals surface area contributed by atoms with Crippen LogP contribution >= 0.6 is 0 Å². The molecule has 0 saturated heterocycles. The molecule has 0 radical (unpaired) electrons. The molecule has 0 aromatic heterocycles. The largest absolute Gasteiger partial charge is 0.462 e. The van der Waals surface area contributed by atoms with Gasteiger partial charge in [0, 0.05) is 19.3 Å². The van der Waals surface area contributed by atoms with E-state index in [-0.39, 0.29) is 31.1 Å². The van der Waals surface area contributed by atoms with Gasteiger partial charge >= 0.3 is 17.9 Å². The van der Waals surface area contributed by atoms with Gasteiger partial charge in [-0.15, -0.1) is 0 Å². The molecule has 0 aromatic carbocycles. The number of unbranched alkanes of at least 4 members (excludes halogenated alkanes) is 50. The molecule has 0 fully saturated rings. The lowest BCUT2D eigenvalue weighted by Crippen LogP contribution is -2.30. The lowest BCUT2D eigenvalue weighted by molar-refractivity contribution is -0.167. The summed E-state index contributed by atoms with van der Waals surface area (Å²) in [7, 11) is 0. The second-order valence-electron chi connectivity index (χ2n) is 25.2. The Bertz CT molecular complexity index is 1430. The van der Waals surface area contributed by atoms with Gasteiger partial charge in [-0.25, -0.2) is 0 Å². The van der Waals surface area contributed by atoms with E-state index >= 15 is 0 Å². The van der Waals surface area contributed by atoms with Gasteiger partial charge < -0.3 is 14.2 Å². The van der Waals surface area contributed by atoms with Crippen molar-refractivity contribution in [2.75, 3.05) is 13.2 Å². The lowest BCUT2D eigenvalue weighted by Gasteiger charge is -2.18. The standard InChI is InChI=1S/C77H142O6/c1-4-7-10-13-16-19-22-25-28-31-33-35-37-38-40-41-43-46-49-52-55-58-61-64-67-70-76(79)82-73-74(72-81-75(78)69-66-63-60-57-54-51-48-45-30-27-24-21-18-15-12-9-6-3)83-77(80)71-68-65-62-59-56-53-50-47-44-42-39-36-34-32-29-26-23-20-17-14-11-8-5-2/h18,21-22,25,27,30-31,33,74H,4-17,19-20,23-24,26,28-29,32,34-73H2,1-3H3/b21-18-,25-22-,30-27-,33-31-. The van der Waals surface area contributed by atoms with Crippen LogP contribution in [-0.2, 0) is 28.6 Å². The van der Waals surface area contributed by atoms with Crippen molar-refractivity contribution in [2.45, 2.75) is 412 Å². The highest BCUT2D eigenvalue weighted by Crippen LogP contribution is 2.19. The quantitative estimate of drug-likeness (QED) is 0.0261. The van der Waals surface area contributed by atoms with E-state index in [2.05, 4.69) is 69.4 Å². The second-order valence-corrected chi connectivity index (χ2v) is 25.2. The predicted octanol–water partition coefficient (Wildman–Crippen LogP) is 25.7. The van der Waals surface area contributed by atoms with Gasteiger partial charge in [-0.05, 0) is 83.5 Å². The molecule has 0 saturated carbocycles. The number of hydrogen-bond donors (Lipinski definition) is 0. The maximum absolute atomic E-state index is 13.0. The Morgan fingerprint density at radius 3 is 0.687 bits per heavy atom. The molecule has 83 heavy (non-hydrogen) atoms. The van der Waals surface area contributed by atoms with Gasteiger partial charge in [-0.1, -0.05) is 352 Å². The summed E-state index contributed by atoms with van der Waals surface area (Å²) < 4.78 is 17.0. The first-order chi connectivity index (χ1) is 41.0. The normalized spacial score (nSPS) is 12.3. The summed E-state index contributed by atoms with van der Waals surface area (Å²) in [5.41, 5.74) is 0. The molecule has 0 aliphatic carbocycles. The van der Waals surface area contributed by atoms with Crippen molar-refractivity contribution < 1.29 is 28.6 Å². The fourth-order valence-corrected chi connectivity index (χ4v) is 11.2. The number of ether oxygens (including phenoxy) is 3. The average Bonchev–Trinajstić information content (AvgIpc) is 3.49. The zero-order valence-electron chi connectivity index (χ0n) is 56.0. The Morgan fingerprint density at radius 1 is 0.241 bits per heavy atom. The molecule has 486 valence electrons. The summed E-state index contributed by atoms with van der Waals surface area (Å²) in [4.78, 5) is 38.5. The SMILES string of the molecule is CCCCC/C=C\C/C=C\CCCCCCCCCC(=O)OCC(COC(=O)CCCCCCCCCCCCCCC/C=C\C/C=C\CCCCCCC)OC(=O)CCCCCCCCCCCCCCCCCCCCCCCCC. The molecular formula is C77H142O6. The number of esters is 3. The van der Waals surface area contributed by atoms with Crippen molar-refractivity contribution in [3.8, 4) is 0 Å². The van der Waals surface area contributed by atoms with Crippen LogP contribution in [0.4, 0.5) is 0 Å². The molecule has 0 aliphatic rings. The van der Waals surface area contributed by atoms with Crippen LogP contribution in [0.5, 0.6) is 0 Å². The Labute approximate surface area is 518 Å². The van der Waals surface area contributed by atoms with Gasteiger partial charge in [-0.3, -0.25) is 14.4 Å². The maximum atomic E-state index is 13.0. The van der Waals surface area contributed by atoms with Gasteiger partial charge in [0.05, 0.1) is 0 Å². The van der Waals surface area contributed by atoms with Crippen molar-refractivity contribution in [1.29, 1.82) is 0 Å². The second kappa shape index (κ2) is 71.8. The summed E-state index contributed by atoms with van der Waals surface area (Å²) in [5.74, 6) is -0.849. The highest BCUT2D eigenvalue weighted by atomic mass is 16.6. The van der Waals surface area contributed by atoms with Crippen LogP contribution < -0.4 is 0 Å². The molecule has 0 amide bonds. The summed E-state index contributed by atoms with van der Waals surface area (Å²) >= 11 is 0. The molecule has 1 atom stereocenters. The van der Waals surface area contributed by atoms with E-state index < -0.39 is 6.10 Å². The zero-order valence-corrected chi connectivity index (χ0v) is 56.0. The molecule has 6 nitrogen and oxygen atoms in total. The van der Waals surface area contributed by atoms with Gasteiger partial charge in [0.2, 0.25) is 0 Å². The highest BCUT2D eigenvalue weighted by molar-refractivity contribution is 5.71. The average molecular weight is 1160 g/mol. The number of allylic oxidation sites excluding steroid dienone is 8. The number of rotatable bonds is 69. The number of carbonyl (C=O) groups excluding carboxylic acids is 3. The summed E-state index contributed by atoms with van der Waals surface area (Å²) in [6.07, 6.45) is 91.4. The van der Waals surface area contributed by atoms with Crippen molar-refractivity contribution in [3.05, 3.63) is 48.6 Å². The predicted molar refractivity (Wildman–Crippen MR) is 362 cm³/mol. The highest BCUT2D eigenvalue weighted by Gasteiger charge is 2.19. The van der Waals surface area contributed by atoms with E-state index in [1.54, 1.807) is 0 Å². The molecule has 0 bridgehead atoms. The van der Waals surface area contributed by atoms with Crippen molar-refractivity contribution in [3.63, 3.8) is 0 Å². The van der Waals surface area contributed by atoms with Gasteiger partial charge in [0.25, 0.3) is 0 Å². The van der Waals surface area contributed by atoms with Crippen LogP contribution in [0.2, 0.25) is 0 Å². The fourth-order valence-electron chi connectivity index (χ4n) is 11.2. The van der Waals surface area contributed by atoms with Gasteiger partial charge in [0.15, 0.2) is 6.10 Å². The molecule has 0 rings (SSSR count). The molecule has 1 unspecified atom stereocenters. The van der Waals surface area contributed by atoms with E-state index in [0.717, 1.165) is 77.0 Å². The Morgan fingerprint density at radius 2 is 0.434 bits per heavy atom. The molecule has 6 heteroatoms. The Hall–Kier alpha value is -2.63. The number of carbonyl (C=O) groups is 3. The first kappa shape index (κ1) is 80.4. The molecule has 0 aliphatic heterocycles. The van der Waals surface area contributed by atoms with Crippen LogP contribution in [0.3, 0.4) is 0 Å². The minimum Gasteiger partial charge on any atom is -0.462 e. The third kappa shape index (κ3) is 70.0. The fraction of sp³-hybridized carbons (Fsp3) is 0.857. The molecular weight excluding hydrogens is 1020 g/mol. The minimum absolute atomic E-state index is 0.0714. The summed E-state index contributed by atoms with van der Waals surface area (Å²) in [6.45, 7) is 6.68. The molecule has 0 aromatic rings. The van der Waals surface area contributed by atoms with Gasteiger partial charge in [0.1, 0.15) is 13.2 Å². The van der Waals surface area contributed by atoms with Crippen LogP contribution in [0, 0.1) is 0 Å². The first-order valence-corrected chi connectivity index (χ1v) is 37.1. The van der Waals surface area contributed by atoms with Crippen molar-refractivity contribution in [2.24, 2.45) is 0 Å². The Balaban J connectivity index is 4.29. The molecule has 0 heterocycles. The molecule has 0 N–H and O–H groups in total. The monoisotopic (exact) mass is 1160 g/mol. The van der Waals surface area contributed by atoms with Crippen LogP contribution in [0.25, 0.3) is 0 Å². The lowest BCUT2D eigenvalue weighted by atomic mass is 10.0. The third-order valence-corrected chi connectivity index (χ3v) is 16.8. The smallest absolute Gasteiger partial charge is 0.306 e. The van der Waals surface area contributed by atoms with E-state index in [1.165, 1.54) is 289 Å². The van der Waals surface area contributed by atoms with Crippen LogP contribution in [0.1, 0.15) is 406 Å². The topological polar surface area (TPSA) is 78.9 Å². The summed E-state index contributed by atoms with van der Waals surface area (Å²) in [5, 5.41) is 0. The van der Waals surface area contributed by atoms with Crippen molar-refractivity contribution in [1.82, 2.24) is 0 Å². The maximum Gasteiger partial charge on any atom is 0.306 e. The first-order valence-electron chi connectivity index (χ1n) is 37.1. The van der Waals surface area contributed by atoms with E-state index in [4.69, 9.17) is 14.2 Å². The minimum atomic E-state index is -0.777. The van der Waals surface area contributed by atoms with Crippen LogP contribution in [0.15, 0.2) is 48.6 Å². The zero-order chi connectivity index (χ0) is 59.9. The number of hydrogen-bond acceptors (Lipinski definition) is 6.